The van der Waals surface area contributed by atoms with Crippen LogP contribution in [0.5, 0.6) is 0 Å². The van der Waals surface area contributed by atoms with Gasteiger partial charge < -0.3 is 10.0 Å². The molecule has 0 aromatic heterocycles. The number of hydrogen-bond donors (Lipinski definition) is 1. The van der Waals surface area contributed by atoms with Gasteiger partial charge in [0.05, 0.1) is 6.10 Å². The lowest BCUT2D eigenvalue weighted by molar-refractivity contribution is -0.0788. The Kier molecular flexibility index (Phi) is 5.92. The van der Waals surface area contributed by atoms with Crippen molar-refractivity contribution in [2.45, 2.75) is 85.7 Å². The van der Waals surface area contributed by atoms with Crippen LogP contribution < -0.4 is 0 Å². The second kappa shape index (κ2) is 8.05. The molecular weight excluding hydrogens is 398 g/mol. The number of aliphatic hydroxyl groups excluding tert-OH is 1. The Balaban J connectivity index is 1.36. The van der Waals surface area contributed by atoms with E-state index in [1.807, 2.05) is 0 Å². The molecule has 1 aliphatic heterocycles. The van der Waals surface area contributed by atoms with Gasteiger partial charge in [0.25, 0.3) is 0 Å². The molecular formula is C28H47NOS. The van der Waals surface area contributed by atoms with E-state index in [0.717, 1.165) is 36.0 Å². The molecule has 0 aromatic carbocycles. The van der Waals surface area contributed by atoms with Gasteiger partial charge in [0, 0.05) is 36.6 Å². The average molecular weight is 446 g/mol. The zero-order valence-corrected chi connectivity index (χ0v) is 21.6. The van der Waals surface area contributed by atoms with Crippen molar-refractivity contribution in [1.29, 1.82) is 0 Å². The number of allylic oxidation sites excluding steroid dienone is 1. The standard InChI is InChI=1S/C28H47NOS/c1-19(18-29-14-16-31-17-15-29)21-7-8-22-20-6-9-24-26(2,3)25(30)11-13-28(24,5)23(20)10-12-27(21,22)4/h9,19-23,25,30H,6-8,10-18H2,1-5H3/t19-,20+,21-,22+,23+,25?,27-,28-/m1/s1. The molecule has 4 fully saturated rings. The molecule has 0 spiro atoms. The van der Waals surface area contributed by atoms with E-state index in [-0.39, 0.29) is 11.5 Å². The van der Waals surface area contributed by atoms with Crippen molar-refractivity contribution in [2.75, 3.05) is 31.1 Å². The lowest BCUT2D eigenvalue weighted by atomic mass is 9.44. The van der Waals surface area contributed by atoms with Gasteiger partial charge in [0.1, 0.15) is 0 Å². The van der Waals surface area contributed by atoms with Crippen molar-refractivity contribution >= 4 is 11.8 Å². The number of hydrogen-bond acceptors (Lipinski definition) is 3. The zero-order chi connectivity index (χ0) is 22.0. The van der Waals surface area contributed by atoms with Crippen LogP contribution in [0.4, 0.5) is 0 Å². The van der Waals surface area contributed by atoms with Crippen LogP contribution in [-0.2, 0) is 0 Å². The number of fused-ring (bicyclic) bond motifs is 5. The minimum atomic E-state index is -0.165. The molecule has 1 N–H and O–H groups in total. The highest BCUT2D eigenvalue weighted by Crippen LogP contribution is 2.68. The van der Waals surface area contributed by atoms with Gasteiger partial charge in [-0.05, 0) is 85.4 Å². The number of aliphatic hydroxyl groups is 1. The molecule has 2 nitrogen and oxygen atoms in total. The Labute approximate surface area is 196 Å². The van der Waals surface area contributed by atoms with Gasteiger partial charge in [-0.15, -0.1) is 0 Å². The van der Waals surface area contributed by atoms with Crippen LogP contribution in [0.1, 0.15) is 79.6 Å². The largest absolute Gasteiger partial charge is 0.392 e. The maximum absolute atomic E-state index is 10.8. The molecule has 3 heteroatoms. The van der Waals surface area contributed by atoms with E-state index in [0.29, 0.717) is 10.8 Å². The van der Waals surface area contributed by atoms with E-state index in [2.05, 4.69) is 57.4 Å². The normalized spacial score (nSPS) is 48.3. The first-order valence-corrected chi connectivity index (χ1v) is 14.5. The summed E-state index contributed by atoms with van der Waals surface area (Å²) in [6.45, 7) is 16.4. The van der Waals surface area contributed by atoms with Crippen LogP contribution >= 0.6 is 11.8 Å². The first-order chi connectivity index (χ1) is 14.7. The summed E-state index contributed by atoms with van der Waals surface area (Å²) in [7, 11) is 0. The van der Waals surface area contributed by atoms with Crippen molar-refractivity contribution in [3.05, 3.63) is 11.6 Å². The lowest BCUT2D eigenvalue weighted by Crippen LogP contribution is -2.54. The number of thioether (sulfide) groups is 1. The molecule has 3 saturated carbocycles. The van der Waals surface area contributed by atoms with E-state index in [1.165, 1.54) is 69.7 Å². The molecule has 8 atom stereocenters. The third-order valence-corrected chi connectivity index (χ3v) is 12.3. The fourth-order valence-corrected chi connectivity index (χ4v) is 10.7. The van der Waals surface area contributed by atoms with Gasteiger partial charge in [0.2, 0.25) is 0 Å². The molecule has 1 saturated heterocycles. The summed E-state index contributed by atoms with van der Waals surface area (Å²) in [6, 6.07) is 0. The molecule has 0 aromatic rings. The highest BCUT2D eigenvalue weighted by molar-refractivity contribution is 7.99. The third-order valence-electron chi connectivity index (χ3n) is 11.3. The fraction of sp³-hybridized carbons (Fsp3) is 0.929. The maximum atomic E-state index is 10.8. The van der Waals surface area contributed by atoms with Crippen LogP contribution in [0.2, 0.25) is 0 Å². The molecule has 5 aliphatic rings. The van der Waals surface area contributed by atoms with Gasteiger partial charge in [0.15, 0.2) is 0 Å². The predicted molar refractivity (Wildman–Crippen MR) is 133 cm³/mol. The summed E-state index contributed by atoms with van der Waals surface area (Å²) >= 11 is 2.13. The zero-order valence-electron chi connectivity index (χ0n) is 20.8. The Hall–Kier alpha value is 0.01000. The van der Waals surface area contributed by atoms with E-state index >= 15 is 0 Å². The molecule has 0 amide bonds. The molecule has 31 heavy (non-hydrogen) atoms. The van der Waals surface area contributed by atoms with E-state index in [4.69, 9.17) is 0 Å². The second-order valence-electron chi connectivity index (χ2n) is 13.0. The van der Waals surface area contributed by atoms with Crippen LogP contribution in [0, 0.1) is 45.8 Å². The summed E-state index contributed by atoms with van der Waals surface area (Å²) in [5, 5.41) is 10.8. The van der Waals surface area contributed by atoms with Crippen LogP contribution in [0.15, 0.2) is 11.6 Å². The Morgan fingerprint density at radius 3 is 2.52 bits per heavy atom. The smallest absolute Gasteiger partial charge is 0.0628 e. The molecule has 176 valence electrons. The van der Waals surface area contributed by atoms with E-state index < -0.39 is 0 Å². The van der Waals surface area contributed by atoms with Crippen molar-refractivity contribution in [2.24, 2.45) is 45.8 Å². The van der Waals surface area contributed by atoms with Gasteiger partial charge >= 0.3 is 0 Å². The van der Waals surface area contributed by atoms with Crippen molar-refractivity contribution < 1.29 is 5.11 Å². The summed E-state index contributed by atoms with van der Waals surface area (Å²) < 4.78 is 0. The predicted octanol–water partition coefficient (Wildman–Crippen LogP) is 6.25. The van der Waals surface area contributed by atoms with Crippen LogP contribution in [0.3, 0.4) is 0 Å². The molecule has 0 bridgehead atoms. The number of rotatable bonds is 3. The van der Waals surface area contributed by atoms with Crippen LogP contribution in [0.25, 0.3) is 0 Å². The van der Waals surface area contributed by atoms with Gasteiger partial charge in [-0.25, -0.2) is 0 Å². The molecule has 1 unspecified atom stereocenters. The minimum absolute atomic E-state index is 0.0435. The summed E-state index contributed by atoms with van der Waals surface area (Å²) in [5.41, 5.74) is 2.44. The highest BCUT2D eigenvalue weighted by atomic mass is 32.2. The minimum Gasteiger partial charge on any atom is -0.392 e. The monoisotopic (exact) mass is 445 g/mol. The van der Waals surface area contributed by atoms with E-state index in [1.54, 1.807) is 5.57 Å². The average Bonchev–Trinajstić information content (AvgIpc) is 3.09. The van der Waals surface area contributed by atoms with Crippen molar-refractivity contribution in [3.63, 3.8) is 0 Å². The van der Waals surface area contributed by atoms with Gasteiger partial charge in [-0.2, -0.15) is 11.8 Å². The topological polar surface area (TPSA) is 23.5 Å². The van der Waals surface area contributed by atoms with Crippen molar-refractivity contribution in [3.8, 4) is 0 Å². The summed E-state index contributed by atoms with van der Waals surface area (Å²) in [6.07, 6.45) is 11.7. The lowest BCUT2D eigenvalue weighted by Gasteiger charge is -2.61. The maximum Gasteiger partial charge on any atom is 0.0628 e. The van der Waals surface area contributed by atoms with Crippen molar-refractivity contribution in [1.82, 2.24) is 4.90 Å². The van der Waals surface area contributed by atoms with Crippen LogP contribution in [-0.4, -0.2) is 47.3 Å². The van der Waals surface area contributed by atoms with E-state index in [9.17, 15) is 5.11 Å². The van der Waals surface area contributed by atoms with Gasteiger partial charge in [-0.1, -0.05) is 46.3 Å². The summed E-state index contributed by atoms with van der Waals surface area (Å²) in [4.78, 5) is 2.76. The SMILES string of the molecule is C[C@H](CN1CCSCC1)[C@H]1CC[C@H]2[C@@H]3CC=C4C(C)(C)C(O)CC[C@]4(C)[C@H]3CC[C@]12C. The fourth-order valence-electron chi connectivity index (χ4n) is 9.68. The summed E-state index contributed by atoms with van der Waals surface area (Å²) in [5.74, 6) is 7.05. The molecule has 5 rings (SSSR count). The Bertz CT molecular complexity index is 712. The Morgan fingerprint density at radius 1 is 1.03 bits per heavy atom. The Morgan fingerprint density at radius 2 is 1.77 bits per heavy atom. The third kappa shape index (κ3) is 3.50. The molecule has 0 radical (unpaired) electrons. The first kappa shape index (κ1) is 22.8. The number of nitrogens with zero attached hydrogens (tertiary/aromatic N) is 1. The molecule has 1 heterocycles. The second-order valence-corrected chi connectivity index (χ2v) is 14.3. The highest BCUT2D eigenvalue weighted by Gasteiger charge is 2.61. The quantitative estimate of drug-likeness (QED) is 0.520. The molecule has 4 aliphatic carbocycles. The first-order valence-electron chi connectivity index (χ1n) is 13.4. The van der Waals surface area contributed by atoms with Gasteiger partial charge in [-0.3, -0.25) is 0 Å².